The van der Waals surface area contributed by atoms with Gasteiger partial charge in [-0.15, -0.1) is 0 Å². The van der Waals surface area contributed by atoms with E-state index in [0.717, 1.165) is 0 Å². The van der Waals surface area contributed by atoms with Crippen LogP contribution in [0.25, 0.3) is 0 Å². The van der Waals surface area contributed by atoms with Crippen molar-refractivity contribution in [1.82, 2.24) is 5.32 Å². The first-order valence-electron chi connectivity index (χ1n) is 4.60. The van der Waals surface area contributed by atoms with Gasteiger partial charge in [-0.2, -0.15) is 0 Å². The number of aliphatic hydroxyl groups excluding tert-OH is 1. The molecule has 0 rings (SSSR count). The van der Waals surface area contributed by atoms with E-state index in [1.54, 1.807) is 20.8 Å². The Labute approximate surface area is 107 Å². The van der Waals surface area contributed by atoms with Gasteiger partial charge in [0, 0.05) is 13.0 Å². The van der Waals surface area contributed by atoms with E-state index in [0.29, 0.717) is 0 Å². The zero-order valence-electron chi connectivity index (χ0n) is 9.11. The molecule has 0 aliphatic carbocycles. The van der Waals surface area contributed by atoms with Gasteiger partial charge in [0.15, 0.2) is 6.10 Å². The molecule has 6 nitrogen and oxygen atoms in total. The first kappa shape index (κ1) is 17.7. The number of ether oxygens (including phenoxy) is 1. The van der Waals surface area contributed by atoms with Crippen molar-refractivity contribution in [1.29, 1.82) is 0 Å². The second-order valence-electron chi connectivity index (χ2n) is 4.07. The van der Waals surface area contributed by atoms with Gasteiger partial charge in [-0.05, 0) is 20.8 Å². The van der Waals surface area contributed by atoms with Gasteiger partial charge in [-0.3, -0.25) is 0 Å². The summed E-state index contributed by atoms with van der Waals surface area (Å²) in [4.78, 5) is 21.3. The summed E-state index contributed by atoms with van der Waals surface area (Å²) < 4.78 is 4.90. The molecule has 7 heteroatoms. The Bertz CT molecular complexity index is 239. The third-order valence-electron chi connectivity index (χ3n) is 1.37. The molecule has 1 atom stereocenters. The summed E-state index contributed by atoms with van der Waals surface area (Å²) in [5, 5.41) is 19.6. The summed E-state index contributed by atoms with van der Waals surface area (Å²) in [7, 11) is 0. The van der Waals surface area contributed by atoms with Gasteiger partial charge in [-0.25, -0.2) is 9.59 Å². The molecule has 0 heterocycles. The van der Waals surface area contributed by atoms with Gasteiger partial charge in [0.05, 0.1) is 0 Å². The number of rotatable bonds is 4. The Kier molecular flexibility index (Phi) is 8.35. The van der Waals surface area contributed by atoms with Crippen molar-refractivity contribution in [2.75, 3.05) is 6.54 Å². The predicted octanol–water partition coefficient (Wildman–Crippen LogP) is -0.302. The molecule has 3 N–H and O–H groups in total. The van der Waals surface area contributed by atoms with Crippen molar-refractivity contribution in [3.8, 4) is 0 Å². The summed E-state index contributed by atoms with van der Waals surface area (Å²) in [6.45, 7) is 5.22. The van der Waals surface area contributed by atoms with E-state index in [4.69, 9.17) is 14.9 Å². The fraction of sp³-hybridized carbons (Fsp3) is 0.778. The van der Waals surface area contributed by atoms with Crippen LogP contribution in [-0.2, 0) is 9.53 Å². The Hall–Kier alpha value is -0.703. The minimum absolute atomic E-state index is 0. The number of nitrogens with one attached hydrogen (secondary N) is 1. The van der Waals surface area contributed by atoms with Crippen molar-refractivity contribution in [3.63, 3.8) is 0 Å². The summed E-state index contributed by atoms with van der Waals surface area (Å²) in [5.74, 6) is -1.30. The van der Waals surface area contributed by atoms with Crippen LogP contribution in [0.1, 0.15) is 27.2 Å². The molecular weight excluding hydrogens is 209 g/mol. The quantitative estimate of drug-likeness (QED) is 0.573. The molecule has 0 aliphatic heterocycles. The average molecular weight is 227 g/mol. The van der Waals surface area contributed by atoms with Crippen LogP contribution >= 0.6 is 0 Å². The van der Waals surface area contributed by atoms with Gasteiger partial charge in [0.25, 0.3) is 0 Å². The first-order valence-corrected chi connectivity index (χ1v) is 4.60. The van der Waals surface area contributed by atoms with Crippen LogP contribution < -0.4 is 5.32 Å². The van der Waals surface area contributed by atoms with Crippen LogP contribution in [-0.4, -0.2) is 59.4 Å². The second-order valence-corrected chi connectivity index (χ2v) is 4.07. The van der Waals surface area contributed by atoms with Crippen LogP contribution in [0.5, 0.6) is 0 Å². The van der Waals surface area contributed by atoms with Crippen molar-refractivity contribution >= 4 is 30.9 Å². The van der Waals surface area contributed by atoms with E-state index in [1.807, 2.05) is 0 Å². The van der Waals surface area contributed by atoms with Gasteiger partial charge in [-0.1, -0.05) is 0 Å². The van der Waals surface area contributed by atoms with Crippen molar-refractivity contribution < 1.29 is 24.5 Å². The zero-order valence-corrected chi connectivity index (χ0v) is 9.11. The predicted molar refractivity (Wildman–Crippen MR) is 59.6 cm³/mol. The maximum absolute atomic E-state index is 11.0. The summed E-state index contributed by atoms with van der Waals surface area (Å²) in [5.41, 5.74) is -0.588. The first-order chi connectivity index (χ1) is 6.72. The van der Waals surface area contributed by atoms with E-state index in [1.165, 1.54) is 0 Å². The van der Waals surface area contributed by atoms with E-state index >= 15 is 0 Å². The maximum atomic E-state index is 11.0. The Balaban J connectivity index is 0. The van der Waals surface area contributed by atoms with Crippen molar-refractivity contribution in [3.05, 3.63) is 0 Å². The minimum atomic E-state index is -1.46. The third-order valence-corrected chi connectivity index (χ3v) is 1.37. The van der Waals surface area contributed by atoms with E-state index in [9.17, 15) is 9.59 Å². The molecule has 0 radical (unpaired) electrons. The van der Waals surface area contributed by atoms with E-state index in [2.05, 4.69) is 5.32 Å². The Morgan fingerprint density at radius 1 is 1.38 bits per heavy atom. The fourth-order valence-electron chi connectivity index (χ4n) is 0.749. The van der Waals surface area contributed by atoms with Gasteiger partial charge in [0.2, 0.25) is 0 Å². The van der Waals surface area contributed by atoms with Crippen LogP contribution in [0.3, 0.4) is 0 Å². The molecule has 0 spiro atoms. The molecule has 0 aliphatic rings. The standard InChI is InChI=1S/C9H17NO5.Li.H/c1-9(2,3)15-8(14)10-5-4-6(11)7(12)13;;/h6,11H,4-5H2,1-3H3,(H,10,14)(H,12,13);;/t6-;;/m0../s1. The van der Waals surface area contributed by atoms with Crippen molar-refractivity contribution in [2.24, 2.45) is 0 Å². The average Bonchev–Trinajstić information content (AvgIpc) is 2.00. The molecule has 0 fully saturated rings. The van der Waals surface area contributed by atoms with Gasteiger partial charge < -0.3 is 20.3 Å². The Morgan fingerprint density at radius 3 is 2.25 bits per heavy atom. The number of aliphatic carboxylic acids is 1. The van der Waals surface area contributed by atoms with Crippen molar-refractivity contribution in [2.45, 2.75) is 38.9 Å². The third kappa shape index (κ3) is 9.84. The summed E-state index contributed by atoms with van der Waals surface area (Å²) in [6, 6.07) is 0. The Morgan fingerprint density at radius 2 is 1.88 bits per heavy atom. The molecule has 0 saturated carbocycles. The molecule has 1 amide bonds. The van der Waals surface area contributed by atoms with Gasteiger partial charge >= 0.3 is 30.9 Å². The number of alkyl carbamates (subject to hydrolysis) is 1. The molecule has 0 bridgehead atoms. The summed E-state index contributed by atoms with van der Waals surface area (Å²) in [6.07, 6.45) is -2.13. The number of hydrogen-bond acceptors (Lipinski definition) is 4. The second kappa shape index (κ2) is 7.55. The van der Waals surface area contributed by atoms with E-state index in [-0.39, 0.29) is 31.8 Å². The number of carbonyl (C=O) groups is 2. The van der Waals surface area contributed by atoms with Crippen LogP contribution in [0.2, 0.25) is 0 Å². The van der Waals surface area contributed by atoms with Gasteiger partial charge in [0.1, 0.15) is 5.60 Å². The number of carbonyl (C=O) groups excluding carboxylic acids is 1. The molecule has 0 aromatic heterocycles. The van der Waals surface area contributed by atoms with E-state index < -0.39 is 23.8 Å². The van der Waals surface area contributed by atoms with Crippen LogP contribution in [0, 0.1) is 0 Å². The number of amides is 1. The number of aliphatic hydroxyl groups is 1. The van der Waals surface area contributed by atoms with Crippen LogP contribution in [0.4, 0.5) is 4.79 Å². The zero-order chi connectivity index (χ0) is 12.1. The van der Waals surface area contributed by atoms with Crippen LogP contribution in [0.15, 0.2) is 0 Å². The molecule has 0 aromatic carbocycles. The topological polar surface area (TPSA) is 95.9 Å². The summed E-state index contributed by atoms with van der Waals surface area (Å²) >= 11 is 0. The number of carboxylic acid groups (broad SMARTS) is 1. The monoisotopic (exact) mass is 227 g/mol. The number of carboxylic acids is 1. The molecule has 0 unspecified atom stereocenters. The molecule has 16 heavy (non-hydrogen) atoms. The molecule has 0 aromatic rings. The SMILES string of the molecule is CC(C)(C)OC(=O)NCC[C@H](O)C(=O)O.[LiH]. The molecule has 90 valence electrons. The fourth-order valence-corrected chi connectivity index (χ4v) is 0.749. The molecular formula is C9H18LiNO5. The number of hydrogen-bond donors (Lipinski definition) is 3. The normalized spacial score (nSPS) is 12.2. The molecule has 0 saturated heterocycles.